The lowest BCUT2D eigenvalue weighted by Gasteiger charge is -2.79. The maximum atomic E-state index is 17.2. The summed E-state index contributed by atoms with van der Waals surface area (Å²) >= 11 is 0. The molecular weight excluding hydrogens is 1480 g/mol. The molecule has 123 heavy (non-hydrogen) atoms. The summed E-state index contributed by atoms with van der Waals surface area (Å²) in [4.78, 5) is 17.2. The fourth-order valence-corrected chi connectivity index (χ4v) is 47.8. The van der Waals surface area contributed by atoms with Gasteiger partial charge in [0.15, 0.2) is 0 Å². The summed E-state index contributed by atoms with van der Waals surface area (Å²) in [5, 5.41) is 0. The van der Waals surface area contributed by atoms with Gasteiger partial charge in [-0.05, 0) is 393 Å². The Morgan fingerprint density at radius 1 is 0.211 bits per heavy atom. The van der Waals surface area contributed by atoms with Crippen LogP contribution in [0, 0.1) is 360 Å². The highest BCUT2D eigenvalue weighted by molar-refractivity contribution is 5.83. The van der Waals surface area contributed by atoms with E-state index in [1.807, 2.05) is 0 Å². The van der Waals surface area contributed by atoms with Crippen LogP contribution in [0.25, 0.3) is 0 Å². The molecule has 712 valence electrons. The Morgan fingerprint density at radius 2 is 0.472 bits per heavy atom. The topological polar surface area (TPSA) is 17.1 Å². The Hall–Kier alpha value is -0.330. The average Bonchev–Trinajstić information content (AvgIpc) is 0.744. The van der Waals surface area contributed by atoms with Crippen molar-refractivity contribution in [3.8, 4) is 0 Å². The Balaban J connectivity index is 1.16. The highest BCUT2D eigenvalue weighted by Gasteiger charge is 2.80. The zero-order valence-corrected chi connectivity index (χ0v) is 92.6. The van der Waals surface area contributed by atoms with E-state index in [4.69, 9.17) is 0 Å². The van der Waals surface area contributed by atoms with E-state index in [-0.39, 0.29) is 93.6 Å². The number of ketones is 1. The van der Waals surface area contributed by atoms with Gasteiger partial charge in [0.1, 0.15) is 5.78 Å². The van der Waals surface area contributed by atoms with Gasteiger partial charge in [0.05, 0.1) is 0 Å². The molecule has 0 saturated heterocycles. The third kappa shape index (κ3) is 12.2. The van der Waals surface area contributed by atoms with Gasteiger partial charge in [0, 0.05) is 11.8 Å². The van der Waals surface area contributed by atoms with Crippen molar-refractivity contribution in [1.82, 2.24) is 0 Å². The number of carbonyl (C=O) groups is 1. The standard InChI is InChI=1S/C122H218O/c1-60-53-61(2)66(7)102-74(15)100-64(5)59-119(51)116(47,48)114(43,44)113(41,42)115(45,46)118(119,50)58-63(4)99-73(14)101(65(60)6)79(20)105(77(99)18)94-54-93(84(25)121(85(94)26)88(29)109(33,34)89(121)30)92-56-97-72(13)103(71(92)12)67(8)69(10)108(123)70(11)68(9)104-75(16)98(62(3)57-117(49)111(37,38)82(23)83(24)112(39,40)120(97,117)52)76(17)107(81(104)22)96-55-95(106(78(100)19)80(102)21)86(27)122(87(96)28)90(31)110(35,36)91(122)32/h60-107H,53-59H2,1-52H3. The van der Waals surface area contributed by atoms with Gasteiger partial charge in [0.25, 0.3) is 0 Å². The van der Waals surface area contributed by atoms with Crippen molar-refractivity contribution in [3.05, 3.63) is 0 Å². The van der Waals surface area contributed by atoms with Crippen LogP contribution in [0.3, 0.4) is 0 Å². The minimum absolute atomic E-state index is 0.00416. The Bertz CT molecular complexity index is 3760. The lowest BCUT2D eigenvalue weighted by molar-refractivity contribution is -0.309. The van der Waals surface area contributed by atoms with Crippen LogP contribution >= 0.6 is 0 Å². The molecular formula is C122H218O. The largest absolute Gasteiger partial charge is 0.299 e. The third-order valence-corrected chi connectivity index (χ3v) is 58.2. The molecule has 13 aliphatic carbocycles. The fourth-order valence-electron chi connectivity index (χ4n) is 47.8. The van der Waals surface area contributed by atoms with Crippen molar-refractivity contribution in [2.24, 2.45) is 360 Å². The smallest absolute Gasteiger partial charge is 0.139 e. The Morgan fingerprint density at radius 3 is 0.797 bits per heavy atom. The molecule has 52 atom stereocenters. The van der Waals surface area contributed by atoms with Gasteiger partial charge in [-0.3, -0.25) is 4.79 Å². The van der Waals surface area contributed by atoms with Gasteiger partial charge in [-0.2, -0.15) is 0 Å². The molecule has 0 aromatic rings. The van der Waals surface area contributed by atoms with E-state index in [0.29, 0.717) is 272 Å². The summed E-state index contributed by atoms with van der Waals surface area (Å²) in [6, 6.07) is 0. The minimum Gasteiger partial charge on any atom is -0.299 e. The predicted octanol–water partition coefficient (Wildman–Crippen LogP) is 34.9. The molecule has 0 radical (unpaired) electrons. The van der Waals surface area contributed by atoms with E-state index in [1.54, 1.807) is 0 Å². The summed E-state index contributed by atoms with van der Waals surface area (Å²) in [6.07, 6.45) is 9.41. The van der Waals surface area contributed by atoms with Gasteiger partial charge in [-0.15, -0.1) is 0 Å². The second-order valence-corrected chi connectivity index (χ2v) is 59.4. The first-order valence-electron chi connectivity index (χ1n) is 55.4. The summed E-state index contributed by atoms with van der Waals surface area (Å²) < 4.78 is 0. The number of hydrogen-bond donors (Lipinski definition) is 0. The van der Waals surface area contributed by atoms with Crippen LogP contribution in [-0.2, 0) is 4.79 Å². The zero-order valence-electron chi connectivity index (χ0n) is 92.6. The lowest BCUT2D eigenvalue weighted by atomic mass is 9.25. The van der Waals surface area contributed by atoms with E-state index < -0.39 is 0 Å². The maximum Gasteiger partial charge on any atom is 0.139 e. The van der Waals surface area contributed by atoms with E-state index in [2.05, 4.69) is 360 Å². The fraction of sp³-hybridized carbons (Fsp3) is 0.992. The van der Waals surface area contributed by atoms with E-state index in [0.717, 1.165) is 0 Å². The molecule has 0 aliphatic heterocycles. The molecule has 1 nitrogen and oxygen atoms in total. The zero-order chi connectivity index (χ0) is 93.2. The molecule has 13 fully saturated rings. The quantitative estimate of drug-likeness (QED) is 0.236. The van der Waals surface area contributed by atoms with Crippen LogP contribution in [0.1, 0.15) is 405 Å². The molecule has 13 rings (SSSR count). The Kier molecular flexibility index (Phi) is 25.5. The molecule has 0 amide bonds. The molecule has 16 bridgehead atoms. The molecule has 0 aromatic carbocycles. The lowest BCUT2D eigenvalue weighted by Crippen LogP contribution is -2.73. The average molecular weight is 1700 g/mol. The molecule has 52 unspecified atom stereocenters. The molecule has 0 aromatic heterocycles. The summed E-state index contributed by atoms with van der Waals surface area (Å²) in [5.74, 6) is 27.3. The normalized spacial score (nSPS) is 60.7. The van der Waals surface area contributed by atoms with E-state index in [1.165, 1.54) is 44.9 Å². The van der Waals surface area contributed by atoms with Crippen molar-refractivity contribution in [1.29, 1.82) is 0 Å². The molecule has 13 aliphatic rings. The Labute approximate surface area is 770 Å². The van der Waals surface area contributed by atoms with Gasteiger partial charge in [-0.1, -0.05) is 360 Å². The van der Waals surface area contributed by atoms with Crippen LogP contribution in [0.2, 0.25) is 0 Å². The first kappa shape index (κ1) is 100. The monoisotopic (exact) mass is 1700 g/mol. The third-order valence-electron chi connectivity index (χ3n) is 58.2. The van der Waals surface area contributed by atoms with Crippen LogP contribution in [-0.4, -0.2) is 5.78 Å². The first-order valence-corrected chi connectivity index (χ1v) is 55.4. The van der Waals surface area contributed by atoms with Crippen molar-refractivity contribution in [2.75, 3.05) is 0 Å². The number of Topliss-reactive ketones (excluding diaryl/α,β-unsaturated/α-hetero) is 1. The van der Waals surface area contributed by atoms with Crippen LogP contribution in [0.4, 0.5) is 0 Å². The van der Waals surface area contributed by atoms with E-state index in [9.17, 15) is 0 Å². The van der Waals surface area contributed by atoms with Crippen LogP contribution < -0.4 is 0 Å². The first-order chi connectivity index (χ1) is 55.9. The molecule has 1 heteroatoms. The predicted molar refractivity (Wildman–Crippen MR) is 534 cm³/mol. The van der Waals surface area contributed by atoms with Crippen molar-refractivity contribution < 1.29 is 4.79 Å². The highest BCUT2D eigenvalue weighted by Crippen LogP contribution is 2.86. The van der Waals surface area contributed by atoms with E-state index >= 15 is 4.79 Å². The van der Waals surface area contributed by atoms with Crippen LogP contribution in [0.15, 0.2) is 0 Å². The van der Waals surface area contributed by atoms with Crippen molar-refractivity contribution >= 4 is 5.78 Å². The second kappa shape index (κ2) is 31.4. The van der Waals surface area contributed by atoms with Crippen LogP contribution in [0.5, 0.6) is 0 Å². The second-order valence-electron chi connectivity index (χ2n) is 59.4. The summed E-state index contributed by atoms with van der Waals surface area (Å²) in [7, 11) is 0. The SMILES string of the molecule is CC1CC(C)C(C)C2C(C)C3C(C)CC4(C)C(C)(C)C(C)(C)C(C)(C)C(C)(C)C4(C)CC(C)C4C(C)C(C1C)C(C)C(C4C)C1CC(C4CC5C(C)C(C(C)C(C)C(=O)C(C)C(C)C6C(C)C(C(C)CC7(C)C(C)(C)C(C)C(C)C(C)(C)C57C)C(C)C(C6C)C5CC(C(C3C)C2C)C(C)C2(C5C)C(C)C(C)(C)C2C)C4C)C(C)C2(C1C)C(C)C(C)(C)C2C. The van der Waals surface area contributed by atoms with Crippen molar-refractivity contribution in [2.45, 2.75) is 405 Å². The number of hydrogen-bond acceptors (Lipinski definition) is 1. The summed E-state index contributed by atoms with van der Waals surface area (Å²) in [5.41, 5.74) is 1.36. The minimum atomic E-state index is -0.00984. The number of fused-ring (bicyclic) bond motifs is 22. The maximum absolute atomic E-state index is 17.2. The molecule has 13 saturated carbocycles. The number of carbonyl (C=O) groups excluding carboxylic acids is 1. The van der Waals surface area contributed by atoms with Gasteiger partial charge in [-0.25, -0.2) is 0 Å². The molecule has 0 heterocycles. The molecule has 0 N–H and O–H groups in total. The van der Waals surface area contributed by atoms with Crippen molar-refractivity contribution in [3.63, 3.8) is 0 Å². The van der Waals surface area contributed by atoms with Gasteiger partial charge < -0.3 is 0 Å². The summed E-state index contributed by atoms with van der Waals surface area (Å²) in [6.45, 7) is 149. The highest BCUT2D eigenvalue weighted by atomic mass is 16.1. The molecule has 2 spiro atoms. The van der Waals surface area contributed by atoms with Gasteiger partial charge in [0.2, 0.25) is 0 Å². The van der Waals surface area contributed by atoms with Gasteiger partial charge >= 0.3 is 0 Å². The number of rotatable bonds is 0.